The summed E-state index contributed by atoms with van der Waals surface area (Å²) in [5, 5.41) is 0. The first-order valence-corrected chi connectivity index (χ1v) is 15.3. The molecular formula is C31H38FO7P. The summed E-state index contributed by atoms with van der Waals surface area (Å²) in [7, 11) is -3.91. The molecular weight excluding hydrogens is 534 g/mol. The molecule has 4 rings (SSSR count). The number of hydrogen-bond acceptors (Lipinski definition) is 7. The fraction of sp³-hybridized carbons (Fsp3) is 0.419. The molecule has 1 saturated heterocycles. The molecule has 0 saturated carbocycles. The van der Waals surface area contributed by atoms with E-state index in [2.05, 4.69) is 0 Å². The number of benzene rings is 3. The van der Waals surface area contributed by atoms with Crippen LogP contribution >= 0.6 is 7.60 Å². The summed E-state index contributed by atoms with van der Waals surface area (Å²) in [5.41, 5.74) is 2.68. The van der Waals surface area contributed by atoms with Gasteiger partial charge < -0.3 is 28.0 Å². The van der Waals surface area contributed by atoms with Crippen LogP contribution in [-0.2, 0) is 52.4 Å². The fourth-order valence-corrected chi connectivity index (χ4v) is 6.59. The predicted octanol–water partition coefficient (Wildman–Crippen LogP) is 6.70. The van der Waals surface area contributed by atoms with Crippen LogP contribution in [-0.4, -0.2) is 50.1 Å². The van der Waals surface area contributed by atoms with Crippen LogP contribution < -0.4 is 0 Å². The Balaban J connectivity index is 1.61. The van der Waals surface area contributed by atoms with Crippen molar-refractivity contribution in [3.05, 3.63) is 108 Å². The summed E-state index contributed by atoms with van der Waals surface area (Å²) in [5.74, 6) is -1.23. The maximum absolute atomic E-state index is 16.3. The van der Waals surface area contributed by atoms with Gasteiger partial charge in [0.25, 0.3) is 0 Å². The largest absolute Gasteiger partial charge is 0.374 e. The second kappa shape index (κ2) is 15.5. The third-order valence-electron chi connectivity index (χ3n) is 6.48. The lowest BCUT2D eigenvalue weighted by Gasteiger charge is -2.44. The Kier molecular flexibility index (Phi) is 11.9. The summed E-state index contributed by atoms with van der Waals surface area (Å²) >= 11 is 0. The van der Waals surface area contributed by atoms with Crippen LogP contribution in [0.25, 0.3) is 0 Å². The molecule has 3 aromatic rings. The van der Waals surface area contributed by atoms with Crippen molar-refractivity contribution in [2.45, 2.75) is 64.0 Å². The monoisotopic (exact) mass is 572 g/mol. The number of halogens is 1. The van der Waals surface area contributed by atoms with Gasteiger partial charge in [-0.3, -0.25) is 4.57 Å². The van der Waals surface area contributed by atoms with E-state index in [9.17, 15) is 4.57 Å². The van der Waals surface area contributed by atoms with Gasteiger partial charge in [0.2, 0.25) is 0 Å². The quantitative estimate of drug-likeness (QED) is 0.188. The first-order chi connectivity index (χ1) is 19.5. The normalized spacial score (nSPS) is 23.2. The summed E-state index contributed by atoms with van der Waals surface area (Å²) < 4.78 is 66.2. The number of rotatable bonds is 15. The highest BCUT2D eigenvalue weighted by Crippen LogP contribution is 2.57. The second-order valence-electron chi connectivity index (χ2n) is 9.41. The molecule has 40 heavy (non-hydrogen) atoms. The van der Waals surface area contributed by atoms with Crippen molar-refractivity contribution >= 4 is 7.60 Å². The second-order valence-corrected chi connectivity index (χ2v) is 11.5. The van der Waals surface area contributed by atoms with Crippen LogP contribution in [0.5, 0.6) is 0 Å². The zero-order chi connectivity index (χ0) is 28.2. The van der Waals surface area contributed by atoms with Gasteiger partial charge in [-0.2, -0.15) is 0 Å². The van der Waals surface area contributed by atoms with E-state index >= 15 is 4.39 Å². The topological polar surface area (TPSA) is 72.5 Å². The predicted molar refractivity (Wildman–Crippen MR) is 151 cm³/mol. The van der Waals surface area contributed by atoms with Crippen LogP contribution in [0.3, 0.4) is 0 Å². The van der Waals surface area contributed by atoms with Gasteiger partial charge in [0.15, 0.2) is 12.0 Å². The van der Waals surface area contributed by atoms with Crippen molar-refractivity contribution in [2.75, 3.05) is 19.8 Å². The summed E-state index contributed by atoms with van der Waals surface area (Å²) in [6.45, 7) is 4.13. The molecule has 1 aliphatic rings. The zero-order valence-corrected chi connectivity index (χ0v) is 23.9. The molecule has 9 heteroatoms. The van der Waals surface area contributed by atoms with Crippen molar-refractivity contribution in [1.82, 2.24) is 0 Å². The highest BCUT2D eigenvalue weighted by Gasteiger charge is 2.56. The van der Waals surface area contributed by atoms with Gasteiger partial charge >= 0.3 is 7.60 Å². The third kappa shape index (κ3) is 8.30. The Labute approximate surface area is 236 Å². The Morgan fingerprint density at radius 2 is 1.15 bits per heavy atom. The maximum Gasteiger partial charge on any atom is 0.361 e. The van der Waals surface area contributed by atoms with Crippen molar-refractivity contribution < 1.29 is 37.0 Å². The number of hydrogen-bond donors (Lipinski definition) is 0. The highest BCUT2D eigenvalue weighted by molar-refractivity contribution is 7.54. The summed E-state index contributed by atoms with van der Waals surface area (Å²) in [4.78, 5) is 0. The van der Waals surface area contributed by atoms with Gasteiger partial charge in [-0.25, -0.2) is 4.39 Å². The molecule has 1 fully saturated rings. The standard InChI is InChI=1S/C31H38FO7P/c1-3-37-40(33,38-4-2)31-30(36-22-26-18-12-7-13-19-26)29(35-21-25-16-10-6-11-17-25)28(32)27(39-31)23-34-20-24-14-8-5-9-15-24/h5-19,27-31H,3-4,20-23H2,1-2H3/t27-,28+,29+,30-,31+/m1/s1. The molecule has 0 amide bonds. The van der Waals surface area contributed by atoms with Crippen LogP contribution in [0, 0.1) is 0 Å². The minimum Gasteiger partial charge on any atom is -0.374 e. The van der Waals surface area contributed by atoms with Crippen LogP contribution in [0.4, 0.5) is 4.39 Å². The van der Waals surface area contributed by atoms with E-state index in [0.717, 1.165) is 16.7 Å². The fourth-order valence-electron chi connectivity index (χ4n) is 4.58. The van der Waals surface area contributed by atoms with E-state index in [1.165, 1.54) is 0 Å². The number of alkyl halides is 1. The van der Waals surface area contributed by atoms with Crippen LogP contribution in [0.1, 0.15) is 30.5 Å². The minimum atomic E-state index is -3.91. The molecule has 0 N–H and O–H groups in total. The molecule has 1 heterocycles. The van der Waals surface area contributed by atoms with Gasteiger partial charge in [-0.15, -0.1) is 0 Å². The SMILES string of the molecule is CCOP(=O)(OCC)[C@@H]1O[C@H](COCc2ccccc2)[C@H](F)[C@H](OCc2ccccc2)[C@H]1OCc1ccccc1. The molecule has 7 nitrogen and oxygen atoms in total. The average Bonchev–Trinajstić information content (AvgIpc) is 2.98. The first kappa shape index (κ1) is 30.5. The maximum atomic E-state index is 16.3. The van der Waals surface area contributed by atoms with Crippen LogP contribution in [0.2, 0.25) is 0 Å². The molecule has 0 aromatic heterocycles. The molecule has 0 spiro atoms. The van der Waals surface area contributed by atoms with E-state index in [4.69, 9.17) is 28.0 Å². The van der Waals surface area contributed by atoms with E-state index in [1.807, 2.05) is 91.0 Å². The summed E-state index contributed by atoms with van der Waals surface area (Å²) in [6.07, 6.45) is -4.91. The third-order valence-corrected chi connectivity index (χ3v) is 8.76. The Hall–Kier alpha value is -2.42. The van der Waals surface area contributed by atoms with Gasteiger partial charge in [0.1, 0.15) is 18.3 Å². The molecule has 0 aliphatic carbocycles. The smallest absolute Gasteiger partial charge is 0.361 e. The summed E-state index contributed by atoms with van der Waals surface area (Å²) in [6, 6.07) is 28.5. The lowest BCUT2D eigenvalue weighted by Crippen LogP contribution is -2.58. The lowest BCUT2D eigenvalue weighted by molar-refractivity contribution is -0.230. The lowest BCUT2D eigenvalue weighted by atomic mass is 10.0. The van der Waals surface area contributed by atoms with Gasteiger partial charge in [0.05, 0.1) is 39.6 Å². The Morgan fingerprint density at radius 3 is 1.62 bits per heavy atom. The average molecular weight is 573 g/mol. The Morgan fingerprint density at radius 1 is 0.700 bits per heavy atom. The Bertz CT molecular complexity index is 1160. The van der Waals surface area contributed by atoms with Crippen LogP contribution in [0.15, 0.2) is 91.0 Å². The molecule has 1 aliphatic heterocycles. The minimum absolute atomic E-state index is 0.0819. The van der Waals surface area contributed by atoms with Crippen molar-refractivity contribution in [3.63, 3.8) is 0 Å². The zero-order valence-electron chi connectivity index (χ0n) is 23.0. The van der Waals surface area contributed by atoms with Gasteiger partial charge in [0, 0.05) is 0 Å². The van der Waals surface area contributed by atoms with E-state index in [0.29, 0.717) is 0 Å². The van der Waals surface area contributed by atoms with Crippen molar-refractivity contribution in [1.29, 1.82) is 0 Å². The molecule has 216 valence electrons. The molecule has 3 aromatic carbocycles. The van der Waals surface area contributed by atoms with Gasteiger partial charge in [-0.05, 0) is 30.5 Å². The van der Waals surface area contributed by atoms with Gasteiger partial charge in [-0.1, -0.05) is 91.0 Å². The number of ether oxygens (including phenoxy) is 4. The molecule has 5 atom stereocenters. The first-order valence-electron chi connectivity index (χ1n) is 13.6. The van der Waals surface area contributed by atoms with E-state index < -0.39 is 37.9 Å². The highest BCUT2D eigenvalue weighted by atomic mass is 31.2. The van der Waals surface area contributed by atoms with E-state index in [-0.39, 0.29) is 39.6 Å². The molecule has 0 radical (unpaired) electrons. The van der Waals surface area contributed by atoms with E-state index in [1.54, 1.807) is 13.8 Å². The van der Waals surface area contributed by atoms with Crippen molar-refractivity contribution in [2.24, 2.45) is 0 Å². The van der Waals surface area contributed by atoms with Crippen molar-refractivity contribution in [3.8, 4) is 0 Å². The molecule has 0 unspecified atom stereocenters. The molecule has 0 bridgehead atoms.